The van der Waals surface area contributed by atoms with Gasteiger partial charge in [-0.05, 0) is 50.3 Å². The van der Waals surface area contributed by atoms with Crippen LogP contribution in [0.1, 0.15) is 25.8 Å². The Morgan fingerprint density at radius 1 is 1.28 bits per heavy atom. The van der Waals surface area contributed by atoms with Crippen LogP contribution in [0.2, 0.25) is 0 Å². The summed E-state index contributed by atoms with van der Waals surface area (Å²) in [5.41, 5.74) is 0.536. The normalized spacial score (nSPS) is 28.3. The molecule has 1 aromatic carbocycles. The molecule has 2 fully saturated rings. The van der Waals surface area contributed by atoms with Gasteiger partial charge in [-0.25, -0.2) is 4.79 Å². The first-order valence-corrected chi connectivity index (χ1v) is 10.4. The molecule has 0 unspecified atom stereocenters. The van der Waals surface area contributed by atoms with E-state index in [0.717, 1.165) is 15.9 Å². The van der Waals surface area contributed by atoms with E-state index in [9.17, 15) is 14.4 Å². The van der Waals surface area contributed by atoms with Gasteiger partial charge in [-0.2, -0.15) is 10.1 Å². The topological polar surface area (TPSA) is 85.3 Å². The van der Waals surface area contributed by atoms with E-state index in [1.807, 2.05) is 12.2 Å². The molecule has 29 heavy (non-hydrogen) atoms. The van der Waals surface area contributed by atoms with Crippen LogP contribution in [0.25, 0.3) is 0 Å². The van der Waals surface area contributed by atoms with E-state index in [0.29, 0.717) is 11.3 Å². The first kappa shape index (κ1) is 19.8. The molecule has 0 N–H and O–H groups in total. The lowest BCUT2D eigenvalue weighted by atomic mass is 9.85. The van der Waals surface area contributed by atoms with E-state index in [-0.39, 0.29) is 42.1 Å². The predicted molar refractivity (Wildman–Crippen MR) is 108 cm³/mol. The van der Waals surface area contributed by atoms with E-state index in [1.165, 1.54) is 6.21 Å². The minimum Gasteiger partial charge on any atom is -0.478 e. The Bertz CT molecular complexity index is 898. The van der Waals surface area contributed by atoms with E-state index in [4.69, 9.17) is 9.47 Å². The molecular formula is C21H21BrN2O5. The van der Waals surface area contributed by atoms with Gasteiger partial charge in [0, 0.05) is 10.0 Å². The van der Waals surface area contributed by atoms with Gasteiger partial charge in [-0.1, -0.05) is 28.1 Å². The van der Waals surface area contributed by atoms with Crippen molar-refractivity contribution >= 4 is 39.9 Å². The molecule has 5 atom stereocenters. The maximum Gasteiger partial charge on any atom is 0.347 e. The summed E-state index contributed by atoms with van der Waals surface area (Å²) < 4.78 is 11.5. The van der Waals surface area contributed by atoms with Gasteiger partial charge < -0.3 is 9.47 Å². The van der Waals surface area contributed by atoms with Gasteiger partial charge in [0.2, 0.25) is 0 Å². The molecule has 1 aromatic rings. The minimum atomic E-state index is -0.806. The van der Waals surface area contributed by atoms with Crippen molar-refractivity contribution in [1.82, 2.24) is 5.01 Å². The zero-order valence-electron chi connectivity index (χ0n) is 16.1. The van der Waals surface area contributed by atoms with Crippen molar-refractivity contribution in [2.45, 2.75) is 26.4 Å². The number of carbonyl (C=O) groups is 3. The van der Waals surface area contributed by atoms with Crippen molar-refractivity contribution in [2.24, 2.45) is 28.8 Å². The zero-order valence-corrected chi connectivity index (χ0v) is 17.7. The second kappa shape index (κ2) is 7.74. The third kappa shape index (κ3) is 3.50. The van der Waals surface area contributed by atoms with Crippen LogP contribution in [0.4, 0.5) is 0 Å². The van der Waals surface area contributed by atoms with Crippen LogP contribution in [0.3, 0.4) is 0 Å². The molecule has 2 bridgehead atoms. The lowest BCUT2D eigenvalue weighted by Crippen LogP contribution is -2.28. The van der Waals surface area contributed by atoms with Gasteiger partial charge in [-0.15, -0.1) is 0 Å². The van der Waals surface area contributed by atoms with Crippen molar-refractivity contribution < 1.29 is 23.9 Å². The summed E-state index contributed by atoms with van der Waals surface area (Å²) in [4.78, 5) is 37.4. The van der Waals surface area contributed by atoms with E-state index in [1.54, 1.807) is 32.0 Å². The molecule has 1 saturated carbocycles. The highest BCUT2D eigenvalue weighted by atomic mass is 79.9. The average molecular weight is 461 g/mol. The van der Waals surface area contributed by atoms with Crippen molar-refractivity contribution in [2.75, 3.05) is 6.61 Å². The molecule has 7 nitrogen and oxygen atoms in total. The number of ether oxygens (including phenoxy) is 2. The van der Waals surface area contributed by atoms with Crippen LogP contribution < -0.4 is 4.74 Å². The molecule has 2 aliphatic carbocycles. The molecule has 152 valence electrons. The summed E-state index contributed by atoms with van der Waals surface area (Å²) in [5, 5.41) is 5.18. The Morgan fingerprint density at radius 2 is 1.93 bits per heavy atom. The van der Waals surface area contributed by atoms with Gasteiger partial charge in [-0.3, -0.25) is 9.59 Å². The van der Waals surface area contributed by atoms with Crippen molar-refractivity contribution in [3.63, 3.8) is 0 Å². The Kier molecular flexibility index (Phi) is 5.29. The van der Waals surface area contributed by atoms with Crippen molar-refractivity contribution in [3.05, 3.63) is 40.4 Å². The Labute approximate surface area is 176 Å². The highest BCUT2D eigenvalue weighted by Crippen LogP contribution is 2.52. The maximum absolute atomic E-state index is 12.8. The summed E-state index contributed by atoms with van der Waals surface area (Å²) in [6.45, 7) is 3.58. The van der Waals surface area contributed by atoms with Gasteiger partial charge in [0.05, 0.1) is 24.7 Å². The monoisotopic (exact) mass is 460 g/mol. The summed E-state index contributed by atoms with van der Waals surface area (Å²) >= 11 is 3.39. The van der Waals surface area contributed by atoms with Crippen molar-refractivity contribution in [1.29, 1.82) is 0 Å². The molecule has 1 heterocycles. The molecule has 1 saturated heterocycles. The molecule has 2 amide bonds. The van der Waals surface area contributed by atoms with Gasteiger partial charge >= 0.3 is 5.97 Å². The van der Waals surface area contributed by atoms with Gasteiger partial charge in [0.25, 0.3) is 11.8 Å². The van der Waals surface area contributed by atoms with Crippen LogP contribution in [0.15, 0.2) is 39.9 Å². The number of halogens is 1. The van der Waals surface area contributed by atoms with E-state index < -0.39 is 12.1 Å². The number of amides is 2. The number of allylic oxidation sites excluding steroid dienone is 2. The fourth-order valence-corrected chi connectivity index (χ4v) is 4.72. The largest absolute Gasteiger partial charge is 0.478 e. The van der Waals surface area contributed by atoms with Crippen LogP contribution in [-0.4, -0.2) is 41.7 Å². The third-order valence-corrected chi connectivity index (χ3v) is 6.15. The second-order valence-corrected chi connectivity index (χ2v) is 8.34. The summed E-state index contributed by atoms with van der Waals surface area (Å²) in [5.74, 6) is -0.879. The zero-order chi connectivity index (χ0) is 20.7. The summed E-state index contributed by atoms with van der Waals surface area (Å²) in [7, 11) is 0. The molecule has 0 aromatic heterocycles. The minimum absolute atomic E-state index is 0.136. The molecule has 4 rings (SSSR count). The number of fused-ring (bicyclic) bond motifs is 5. The Hall–Kier alpha value is -2.48. The van der Waals surface area contributed by atoms with Crippen LogP contribution in [0, 0.1) is 23.7 Å². The predicted octanol–water partition coefficient (Wildman–Crippen LogP) is 2.92. The highest BCUT2D eigenvalue weighted by molar-refractivity contribution is 9.10. The van der Waals surface area contributed by atoms with Crippen LogP contribution >= 0.6 is 15.9 Å². The number of hydrogen-bond donors (Lipinski definition) is 0. The van der Waals surface area contributed by atoms with E-state index >= 15 is 0 Å². The first-order valence-electron chi connectivity index (χ1n) is 9.63. The number of nitrogens with zero attached hydrogens (tertiary/aromatic N) is 2. The SMILES string of the molecule is CCOC(=O)[C@H](C)Oc1ccc(Br)cc1C=NN1C(=O)[C@@H]2[C@H](C1=O)[C@H]1C=C[C@H]2C1. The van der Waals surface area contributed by atoms with Crippen LogP contribution in [-0.2, 0) is 19.1 Å². The standard InChI is InChI=1S/C21H21BrN2O5/c1-3-28-21(27)11(2)29-16-7-6-15(22)9-14(16)10-23-24-19(25)17-12-4-5-13(8-12)18(17)20(24)26/h4-7,9-13,17-18H,3,8H2,1-2H3/t11-,12-,13-,17-,18+/m0/s1. The highest BCUT2D eigenvalue weighted by Gasteiger charge is 2.59. The molecular weight excluding hydrogens is 440 g/mol. The summed E-state index contributed by atoms with van der Waals surface area (Å²) in [6.07, 6.45) is 5.58. The number of benzene rings is 1. The molecule has 1 aliphatic heterocycles. The number of esters is 1. The molecule has 0 radical (unpaired) electrons. The number of carbonyl (C=O) groups excluding carboxylic acids is 3. The smallest absolute Gasteiger partial charge is 0.347 e. The number of hydrazone groups is 1. The van der Waals surface area contributed by atoms with E-state index in [2.05, 4.69) is 21.0 Å². The Balaban J connectivity index is 1.54. The average Bonchev–Trinajstić information content (AvgIpc) is 3.37. The number of rotatable bonds is 6. The molecule has 3 aliphatic rings. The fourth-order valence-electron chi connectivity index (χ4n) is 4.35. The Morgan fingerprint density at radius 3 is 2.55 bits per heavy atom. The second-order valence-electron chi connectivity index (χ2n) is 7.43. The van der Waals surface area contributed by atoms with Gasteiger partial charge in [0.1, 0.15) is 5.75 Å². The fraction of sp³-hybridized carbons (Fsp3) is 0.429. The van der Waals surface area contributed by atoms with Crippen LogP contribution in [0.5, 0.6) is 5.75 Å². The molecule has 0 spiro atoms. The number of imide groups is 1. The lowest BCUT2D eigenvalue weighted by Gasteiger charge is -2.16. The van der Waals surface area contributed by atoms with Gasteiger partial charge in [0.15, 0.2) is 6.10 Å². The van der Waals surface area contributed by atoms with Crippen molar-refractivity contribution in [3.8, 4) is 5.75 Å². The maximum atomic E-state index is 12.8. The lowest BCUT2D eigenvalue weighted by molar-refractivity contribution is -0.150. The summed E-state index contributed by atoms with van der Waals surface area (Å²) in [6, 6.07) is 5.20. The third-order valence-electron chi connectivity index (χ3n) is 5.65. The number of hydrogen-bond acceptors (Lipinski definition) is 6. The first-order chi connectivity index (χ1) is 13.9. The molecule has 8 heteroatoms. The quantitative estimate of drug-likeness (QED) is 0.282.